The molecule has 0 saturated carbocycles. The van der Waals surface area contributed by atoms with E-state index in [0.29, 0.717) is 24.1 Å². The fraction of sp³-hybridized carbons (Fsp3) is 0.370. The first-order valence-electron chi connectivity index (χ1n) is 11.1. The summed E-state index contributed by atoms with van der Waals surface area (Å²) in [4.78, 5) is 31.4. The van der Waals surface area contributed by atoms with Crippen molar-refractivity contribution in [1.29, 1.82) is 0 Å². The Kier molecular flexibility index (Phi) is 6.26. The Balaban J connectivity index is 1.79. The van der Waals surface area contributed by atoms with E-state index >= 15 is 0 Å². The van der Waals surface area contributed by atoms with Gasteiger partial charge in [-0.3, -0.25) is 14.6 Å². The number of hydrogen-bond acceptors (Lipinski definition) is 5. The van der Waals surface area contributed by atoms with E-state index in [0.717, 1.165) is 22.6 Å². The Morgan fingerprint density at radius 3 is 2.31 bits per heavy atom. The van der Waals surface area contributed by atoms with E-state index in [4.69, 9.17) is 14.5 Å². The molecule has 0 bridgehead atoms. The third kappa shape index (κ3) is 4.24. The molecule has 4 rings (SSSR count). The van der Waals surface area contributed by atoms with E-state index < -0.39 is 11.8 Å². The number of ketones is 1. The Hall–Kier alpha value is -3.21. The van der Waals surface area contributed by atoms with Crippen molar-refractivity contribution in [1.82, 2.24) is 0 Å². The lowest BCUT2D eigenvalue weighted by atomic mass is 9.69. The van der Waals surface area contributed by atoms with Crippen molar-refractivity contribution in [2.45, 2.75) is 51.6 Å². The van der Waals surface area contributed by atoms with Crippen LogP contribution in [0.25, 0.3) is 0 Å². The molecule has 166 valence electrons. The van der Waals surface area contributed by atoms with Crippen LogP contribution in [0.1, 0.15) is 56.6 Å². The highest BCUT2D eigenvalue weighted by atomic mass is 16.5. The van der Waals surface area contributed by atoms with Crippen molar-refractivity contribution in [2.24, 2.45) is 10.9 Å². The normalized spacial score (nSPS) is 23.0. The summed E-state index contributed by atoms with van der Waals surface area (Å²) >= 11 is 0. The van der Waals surface area contributed by atoms with Crippen molar-refractivity contribution >= 4 is 17.5 Å². The van der Waals surface area contributed by atoms with Crippen molar-refractivity contribution < 1.29 is 19.1 Å². The molecule has 32 heavy (non-hydrogen) atoms. The summed E-state index contributed by atoms with van der Waals surface area (Å²) in [5, 5.41) is 0. The van der Waals surface area contributed by atoms with Gasteiger partial charge >= 0.3 is 5.97 Å². The van der Waals surface area contributed by atoms with Crippen LogP contribution in [-0.4, -0.2) is 30.7 Å². The molecule has 1 heterocycles. The molecule has 1 unspecified atom stereocenters. The summed E-state index contributed by atoms with van der Waals surface area (Å²) in [5.41, 5.74) is 4.17. The lowest BCUT2D eigenvalue weighted by Gasteiger charge is -2.36. The first-order chi connectivity index (χ1) is 15.4. The molecule has 0 fully saturated rings. The number of ether oxygens (including phenoxy) is 2. The van der Waals surface area contributed by atoms with Gasteiger partial charge in [0.2, 0.25) is 0 Å². The molecule has 2 aromatic carbocycles. The summed E-state index contributed by atoms with van der Waals surface area (Å²) in [7, 11) is 1.62. The van der Waals surface area contributed by atoms with Gasteiger partial charge < -0.3 is 9.47 Å². The van der Waals surface area contributed by atoms with Crippen LogP contribution in [0.2, 0.25) is 0 Å². The van der Waals surface area contributed by atoms with Gasteiger partial charge in [0, 0.05) is 29.3 Å². The quantitative estimate of drug-likeness (QED) is 0.609. The molecule has 2 aliphatic rings. The van der Waals surface area contributed by atoms with E-state index in [9.17, 15) is 9.59 Å². The lowest BCUT2D eigenvalue weighted by molar-refractivity contribution is -0.150. The predicted octanol–water partition coefficient (Wildman–Crippen LogP) is 5.22. The van der Waals surface area contributed by atoms with Crippen LogP contribution in [0.4, 0.5) is 0 Å². The van der Waals surface area contributed by atoms with Crippen LogP contribution in [-0.2, 0) is 14.3 Å². The van der Waals surface area contributed by atoms with Crippen LogP contribution in [0.5, 0.6) is 5.75 Å². The summed E-state index contributed by atoms with van der Waals surface area (Å²) in [6, 6.07) is 17.7. The van der Waals surface area contributed by atoms with E-state index in [-0.39, 0.29) is 23.8 Å². The van der Waals surface area contributed by atoms with Gasteiger partial charge in [-0.05, 0) is 56.4 Å². The smallest absolute Gasteiger partial charge is 0.315 e. The van der Waals surface area contributed by atoms with Gasteiger partial charge in [-0.15, -0.1) is 0 Å². The van der Waals surface area contributed by atoms with Crippen molar-refractivity contribution in [3.05, 3.63) is 77.0 Å². The Labute approximate surface area is 189 Å². The molecule has 0 saturated heterocycles. The zero-order chi connectivity index (χ0) is 22.8. The highest BCUT2D eigenvalue weighted by molar-refractivity contribution is 6.09. The Bertz CT molecular complexity index is 1070. The molecule has 0 aromatic heterocycles. The largest absolute Gasteiger partial charge is 0.497 e. The number of nitrogens with zero attached hydrogens (tertiary/aromatic N) is 1. The van der Waals surface area contributed by atoms with Gasteiger partial charge in [-0.2, -0.15) is 0 Å². The average Bonchev–Trinajstić information content (AvgIpc) is 2.78. The van der Waals surface area contributed by atoms with E-state index in [1.165, 1.54) is 0 Å². The molecule has 1 aliphatic carbocycles. The van der Waals surface area contributed by atoms with E-state index in [1.54, 1.807) is 7.11 Å². The lowest BCUT2D eigenvalue weighted by Crippen LogP contribution is -2.38. The van der Waals surface area contributed by atoms with Gasteiger partial charge in [0.05, 0.1) is 13.2 Å². The van der Waals surface area contributed by atoms with Crippen LogP contribution >= 0.6 is 0 Å². The molecule has 0 radical (unpaired) electrons. The van der Waals surface area contributed by atoms with Crippen LogP contribution in [0.3, 0.4) is 0 Å². The Morgan fingerprint density at radius 2 is 1.69 bits per heavy atom. The van der Waals surface area contributed by atoms with Crippen molar-refractivity contribution in [3.8, 4) is 5.75 Å². The zero-order valence-electron chi connectivity index (χ0n) is 19.0. The molecule has 1 aliphatic heterocycles. The fourth-order valence-corrected chi connectivity index (χ4v) is 4.80. The van der Waals surface area contributed by atoms with Gasteiger partial charge in [-0.1, -0.05) is 42.5 Å². The van der Waals surface area contributed by atoms with Gasteiger partial charge in [0.25, 0.3) is 0 Å². The maximum atomic E-state index is 13.5. The maximum Gasteiger partial charge on any atom is 0.315 e. The first-order valence-corrected chi connectivity index (χ1v) is 11.1. The Morgan fingerprint density at radius 1 is 1.00 bits per heavy atom. The number of esters is 1. The fourth-order valence-electron chi connectivity index (χ4n) is 4.80. The SMILES string of the molecule is COc1ccc([C@H]2C3=C(C[C@H](c4ccccc4)CC3=O)N=C(C)C2C(=O)OC(C)C)cc1. The van der Waals surface area contributed by atoms with Gasteiger partial charge in [-0.25, -0.2) is 0 Å². The predicted molar refractivity (Wildman–Crippen MR) is 124 cm³/mol. The number of carbonyl (C=O) groups is 2. The third-order valence-electron chi connectivity index (χ3n) is 6.24. The van der Waals surface area contributed by atoms with Crippen LogP contribution in [0.15, 0.2) is 70.9 Å². The van der Waals surface area contributed by atoms with E-state index in [1.807, 2.05) is 63.2 Å². The maximum absolute atomic E-state index is 13.5. The number of methoxy groups -OCH3 is 1. The number of rotatable bonds is 5. The first kappa shape index (κ1) is 22.0. The molecule has 0 spiro atoms. The number of allylic oxidation sites excluding steroid dienone is 2. The summed E-state index contributed by atoms with van der Waals surface area (Å²) < 4.78 is 10.9. The standard InChI is InChI=1S/C27H29NO4/c1-16(2)32-27(30)24-17(3)28-22-14-20(18-8-6-5-7-9-18)15-23(29)26(22)25(24)19-10-12-21(31-4)13-11-19/h5-13,16,20,24-25H,14-15H2,1-4H3/t20-,24?,25+/m0/s1. The topological polar surface area (TPSA) is 65.0 Å². The molecular formula is C27H29NO4. The monoisotopic (exact) mass is 431 g/mol. The second kappa shape index (κ2) is 9.11. The van der Waals surface area contributed by atoms with Gasteiger partial charge in [0.15, 0.2) is 5.78 Å². The van der Waals surface area contributed by atoms with Crippen LogP contribution in [0, 0.1) is 5.92 Å². The second-order valence-corrected chi connectivity index (χ2v) is 8.77. The highest BCUT2D eigenvalue weighted by Gasteiger charge is 2.44. The molecule has 5 heteroatoms. The highest BCUT2D eigenvalue weighted by Crippen LogP contribution is 2.47. The van der Waals surface area contributed by atoms with Gasteiger partial charge in [0.1, 0.15) is 11.7 Å². The number of carbonyl (C=O) groups excluding carboxylic acids is 2. The zero-order valence-corrected chi connectivity index (χ0v) is 19.0. The van der Waals surface area contributed by atoms with Crippen molar-refractivity contribution in [3.63, 3.8) is 0 Å². The minimum Gasteiger partial charge on any atom is -0.497 e. The third-order valence-corrected chi connectivity index (χ3v) is 6.24. The average molecular weight is 432 g/mol. The summed E-state index contributed by atoms with van der Waals surface area (Å²) in [6.07, 6.45) is 0.851. The molecule has 3 atom stereocenters. The number of aliphatic imine (C=N–C) groups is 1. The number of Topliss-reactive ketones (excluding diaryl/α,β-unsaturated/α-hetero) is 1. The van der Waals surface area contributed by atoms with E-state index in [2.05, 4.69) is 12.1 Å². The minimum atomic E-state index is -0.623. The molecule has 0 amide bonds. The summed E-state index contributed by atoms with van der Waals surface area (Å²) in [6.45, 7) is 5.52. The molecule has 5 nitrogen and oxygen atoms in total. The van der Waals surface area contributed by atoms with Crippen molar-refractivity contribution in [2.75, 3.05) is 7.11 Å². The second-order valence-electron chi connectivity index (χ2n) is 8.77. The molecule has 0 N–H and O–H groups in total. The molecule has 2 aromatic rings. The van der Waals surface area contributed by atoms with Crippen LogP contribution < -0.4 is 4.74 Å². The summed E-state index contributed by atoms with van der Waals surface area (Å²) in [5.74, 6) is -0.504. The number of benzene rings is 2. The minimum absolute atomic E-state index is 0.0551. The number of hydrogen-bond donors (Lipinski definition) is 0. The molecular weight excluding hydrogens is 402 g/mol.